The van der Waals surface area contributed by atoms with Gasteiger partial charge in [-0.15, -0.1) is 0 Å². The van der Waals surface area contributed by atoms with E-state index in [2.05, 4.69) is 74.3 Å². The Hall–Kier alpha value is -1.12. The molecule has 256 valence electrons. The molecular weight excluding hydrogens is 534 g/mol. The van der Waals surface area contributed by atoms with E-state index in [0.29, 0.717) is 18.1 Å². The monoisotopic (exact) mass is 612 g/mol. The maximum absolute atomic E-state index is 9.63. The second-order valence-corrected chi connectivity index (χ2v) is 14.1. The fraction of sp³-hybridized carbons (Fsp3) is 0.810. The van der Waals surface area contributed by atoms with Crippen LogP contribution in [0.3, 0.4) is 0 Å². The molecule has 2 nitrogen and oxygen atoms in total. The molecule has 1 fully saturated rings. The normalized spacial score (nSPS) is 16.3. The Morgan fingerprint density at radius 3 is 1.20 bits per heavy atom. The lowest BCUT2D eigenvalue weighted by molar-refractivity contribution is -0.0534. The molecule has 0 amide bonds. The second kappa shape index (κ2) is 30.5. The fourth-order valence-electron chi connectivity index (χ4n) is 6.66. The summed E-state index contributed by atoms with van der Waals surface area (Å²) in [6.45, 7) is 9.46. The van der Waals surface area contributed by atoms with E-state index in [1.54, 1.807) is 0 Å². The molecule has 1 atom stereocenters. The van der Waals surface area contributed by atoms with Crippen molar-refractivity contribution in [3.63, 3.8) is 0 Å². The zero-order chi connectivity index (χ0) is 31.8. The topological polar surface area (TPSA) is 23.5 Å². The highest BCUT2D eigenvalue weighted by Gasteiger charge is 2.43. The number of rotatable bonds is 32. The van der Waals surface area contributed by atoms with Gasteiger partial charge in [0.15, 0.2) is 0 Å². The van der Waals surface area contributed by atoms with Crippen molar-refractivity contribution in [1.82, 2.24) is 4.90 Å². The molecule has 0 radical (unpaired) electrons. The fourth-order valence-corrected chi connectivity index (χ4v) is 6.66. The van der Waals surface area contributed by atoms with E-state index in [0.717, 1.165) is 12.8 Å². The molecule has 2 heteroatoms. The number of hydrogen-bond acceptors (Lipinski definition) is 2. The minimum atomic E-state index is 0.298. The van der Waals surface area contributed by atoms with Crippen LogP contribution in [0.25, 0.3) is 0 Å². The minimum absolute atomic E-state index is 0.298. The number of nitrogens with zero attached hydrogens (tertiary/aromatic N) is 1. The van der Waals surface area contributed by atoms with Crippen molar-refractivity contribution in [2.45, 2.75) is 194 Å². The molecule has 0 aromatic heterocycles. The number of aliphatic hydroxyl groups is 1. The number of likely N-dealkylation sites (tertiary alicyclic amines) is 1. The van der Waals surface area contributed by atoms with Crippen LogP contribution < -0.4 is 0 Å². The Kier molecular flexibility index (Phi) is 28.4. The highest BCUT2D eigenvalue weighted by Crippen LogP contribution is 2.41. The van der Waals surface area contributed by atoms with E-state index < -0.39 is 0 Å². The van der Waals surface area contributed by atoms with Gasteiger partial charge in [-0.2, -0.15) is 0 Å². The van der Waals surface area contributed by atoms with E-state index in [9.17, 15) is 5.11 Å². The first-order valence-electron chi connectivity index (χ1n) is 19.6. The molecule has 0 aliphatic carbocycles. The van der Waals surface area contributed by atoms with Crippen LogP contribution in [-0.2, 0) is 0 Å². The first-order valence-corrected chi connectivity index (χ1v) is 19.6. The molecule has 0 aromatic carbocycles. The molecule has 0 spiro atoms. The van der Waals surface area contributed by atoms with Gasteiger partial charge in [-0.1, -0.05) is 152 Å². The average molecular weight is 612 g/mol. The Bertz CT molecular complexity index is 663. The van der Waals surface area contributed by atoms with Gasteiger partial charge in [-0.05, 0) is 89.4 Å². The molecule has 0 bridgehead atoms. The lowest BCUT2D eigenvalue weighted by Gasteiger charge is -2.53. The zero-order valence-electron chi connectivity index (χ0n) is 30.1. The van der Waals surface area contributed by atoms with Crippen LogP contribution in [0.2, 0.25) is 0 Å². The van der Waals surface area contributed by atoms with Gasteiger partial charge in [0, 0.05) is 19.1 Å². The predicted octanol–water partition coefficient (Wildman–Crippen LogP) is 13.1. The van der Waals surface area contributed by atoms with E-state index in [4.69, 9.17) is 0 Å². The van der Waals surface area contributed by atoms with E-state index in [1.807, 2.05) is 0 Å². The smallest absolute Gasteiger partial charge is 0.0584 e. The summed E-state index contributed by atoms with van der Waals surface area (Å²) >= 11 is 0. The molecule has 1 N–H and O–H groups in total. The van der Waals surface area contributed by atoms with Crippen LogP contribution in [-0.4, -0.2) is 35.7 Å². The maximum atomic E-state index is 9.63. The van der Waals surface area contributed by atoms with Gasteiger partial charge in [0.2, 0.25) is 0 Å². The molecule has 1 unspecified atom stereocenters. The quantitative estimate of drug-likeness (QED) is 0.0604. The summed E-state index contributed by atoms with van der Waals surface area (Å²) in [7, 11) is 0. The van der Waals surface area contributed by atoms with Crippen molar-refractivity contribution in [3.8, 4) is 0 Å². The van der Waals surface area contributed by atoms with Gasteiger partial charge in [0.05, 0.1) is 6.61 Å². The summed E-state index contributed by atoms with van der Waals surface area (Å²) in [4.78, 5) is 2.52. The second-order valence-electron chi connectivity index (χ2n) is 14.1. The van der Waals surface area contributed by atoms with Crippen molar-refractivity contribution in [2.24, 2.45) is 5.41 Å². The first-order chi connectivity index (χ1) is 21.7. The summed E-state index contributed by atoms with van der Waals surface area (Å²) in [5.41, 5.74) is 0.536. The third-order valence-corrected chi connectivity index (χ3v) is 9.78. The van der Waals surface area contributed by atoms with E-state index in [-0.39, 0.29) is 0 Å². The van der Waals surface area contributed by atoms with Gasteiger partial charge in [-0.3, -0.25) is 4.90 Å². The Balaban J connectivity index is 2.07. The van der Waals surface area contributed by atoms with Crippen molar-refractivity contribution in [2.75, 3.05) is 19.7 Å². The minimum Gasteiger partial charge on any atom is -0.395 e. The predicted molar refractivity (Wildman–Crippen MR) is 199 cm³/mol. The van der Waals surface area contributed by atoms with Crippen LogP contribution in [0.5, 0.6) is 0 Å². The Labute approximate surface area is 276 Å². The summed E-state index contributed by atoms with van der Waals surface area (Å²) in [6, 6.07) is 0.329. The Morgan fingerprint density at radius 1 is 0.500 bits per heavy atom. The maximum Gasteiger partial charge on any atom is 0.0584 e. The third kappa shape index (κ3) is 23.3. The molecule has 1 aliphatic heterocycles. The standard InChI is InChI=1S/C42H77NO/c1-4-6-8-10-12-14-16-18-20-22-24-26-28-30-32-34-36-42(39-43(40-42)41(3)38-44)37-35-33-31-29-27-25-23-21-19-17-15-13-11-9-7-5-2/h12-15,18-21,41,44H,4-11,16-17,22-40H2,1-3H3/b14-12-,15-13-,20-18-,21-19-. The van der Waals surface area contributed by atoms with E-state index >= 15 is 0 Å². The number of allylic oxidation sites excluding steroid dienone is 8. The molecule has 1 heterocycles. The lowest BCUT2D eigenvalue weighted by atomic mass is 9.71. The molecule has 1 aliphatic rings. The van der Waals surface area contributed by atoms with Gasteiger partial charge in [-0.25, -0.2) is 0 Å². The van der Waals surface area contributed by atoms with Gasteiger partial charge in [0.25, 0.3) is 0 Å². The first kappa shape index (κ1) is 40.9. The van der Waals surface area contributed by atoms with Crippen LogP contribution in [0.1, 0.15) is 188 Å². The number of aliphatic hydroxyl groups excluding tert-OH is 1. The van der Waals surface area contributed by atoms with Gasteiger partial charge >= 0.3 is 0 Å². The SMILES string of the molecule is CCCCC/C=C\C/C=C\CCCCCCCCC1(CCCCCCCC/C=C\C/C=C\CCCCC)CN(C(C)CO)C1. The zero-order valence-corrected chi connectivity index (χ0v) is 30.1. The van der Waals surface area contributed by atoms with Crippen molar-refractivity contribution < 1.29 is 5.11 Å². The van der Waals surface area contributed by atoms with E-state index in [1.165, 1.54) is 167 Å². The van der Waals surface area contributed by atoms with Gasteiger partial charge < -0.3 is 5.11 Å². The summed E-state index contributed by atoms with van der Waals surface area (Å²) in [5, 5.41) is 9.63. The highest BCUT2D eigenvalue weighted by atomic mass is 16.3. The summed E-state index contributed by atoms with van der Waals surface area (Å²) < 4.78 is 0. The van der Waals surface area contributed by atoms with Crippen LogP contribution in [0.4, 0.5) is 0 Å². The molecule has 1 saturated heterocycles. The Morgan fingerprint density at radius 2 is 0.841 bits per heavy atom. The molecule has 0 aromatic rings. The number of hydrogen-bond donors (Lipinski definition) is 1. The van der Waals surface area contributed by atoms with Crippen molar-refractivity contribution in [3.05, 3.63) is 48.6 Å². The van der Waals surface area contributed by atoms with Crippen molar-refractivity contribution in [1.29, 1.82) is 0 Å². The molecule has 0 saturated carbocycles. The summed E-state index contributed by atoms with van der Waals surface area (Å²) in [6.07, 6.45) is 53.6. The largest absolute Gasteiger partial charge is 0.395 e. The van der Waals surface area contributed by atoms with Crippen LogP contribution in [0, 0.1) is 5.41 Å². The average Bonchev–Trinajstić information content (AvgIpc) is 3.02. The third-order valence-electron chi connectivity index (χ3n) is 9.78. The van der Waals surface area contributed by atoms with Gasteiger partial charge in [0.1, 0.15) is 0 Å². The van der Waals surface area contributed by atoms with Crippen LogP contribution in [0.15, 0.2) is 48.6 Å². The lowest BCUT2D eigenvalue weighted by Crippen LogP contribution is -2.59. The number of unbranched alkanes of at least 4 members (excludes halogenated alkanes) is 18. The van der Waals surface area contributed by atoms with Crippen molar-refractivity contribution >= 4 is 0 Å². The summed E-state index contributed by atoms with van der Waals surface area (Å²) in [5.74, 6) is 0. The molecule has 1 rings (SSSR count). The molecule has 44 heavy (non-hydrogen) atoms. The molecular formula is C42H77NO. The highest BCUT2D eigenvalue weighted by molar-refractivity contribution is 4.97. The van der Waals surface area contributed by atoms with Crippen LogP contribution >= 0.6 is 0 Å².